The van der Waals surface area contributed by atoms with Crippen LogP contribution in [-0.4, -0.2) is 92.4 Å². The number of piperazine rings is 1. The molecule has 45 heavy (non-hydrogen) atoms. The van der Waals surface area contributed by atoms with E-state index in [9.17, 15) is 23.4 Å². The average Bonchev–Trinajstić information content (AvgIpc) is 3.74. The van der Waals surface area contributed by atoms with Crippen LogP contribution in [0.3, 0.4) is 0 Å². The molecule has 2 aromatic carbocycles. The molecule has 3 saturated heterocycles. The summed E-state index contributed by atoms with van der Waals surface area (Å²) in [5.41, 5.74) is 3.28. The molecule has 10 nitrogen and oxygen atoms in total. The average molecular weight is 632 g/mol. The number of nitrogens with one attached hydrogen (secondary N) is 2. The third-order valence-electron chi connectivity index (χ3n) is 10.3. The first-order valence-electron chi connectivity index (χ1n) is 15.4. The van der Waals surface area contributed by atoms with Crippen LogP contribution in [0.2, 0.25) is 0 Å². The number of H-pyrrole nitrogens is 1. The molecule has 1 aromatic heterocycles. The quantitative estimate of drug-likeness (QED) is 0.397. The number of likely N-dealkylation sites (N-methyl/N-ethyl adjacent to an activating group) is 1. The Labute approximate surface area is 263 Å². The largest absolute Gasteiger partial charge is 0.361 e. The number of fused-ring (bicyclic) bond motifs is 5. The zero-order chi connectivity index (χ0) is 31.2. The highest BCUT2D eigenvalue weighted by molar-refractivity contribution is 7.94. The van der Waals surface area contributed by atoms with Crippen molar-refractivity contribution in [2.24, 2.45) is 5.92 Å². The van der Waals surface area contributed by atoms with Crippen LogP contribution in [0.5, 0.6) is 0 Å². The Balaban J connectivity index is 1.10. The molecular formula is C33H34FN5O5S. The van der Waals surface area contributed by atoms with Gasteiger partial charge in [0.2, 0.25) is 17.5 Å². The van der Waals surface area contributed by atoms with Crippen molar-refractivity contribution in [2.45, 2.75) is 67.3 Å². The number of aromatic amines is 1. The van der Waals surface area contributed by atoms with Crippen molar-refractivity contribution in [2.75, 3.05) is 20.1 Å². The topological polar surface area (TPSA) is 118 Å². The Morgan fingerprint density at radius 3 is 2.80 bits per heavy atom. The number of amides is 3. The molecule has 3 aromatic rings. The lowest BCUT2D eigenvalue weighted by Gasteiger charge is -2.48. The summed E-state index contributed by atoms with van der Waals surface area (Å²) >= 11 is 0.123. The molecule has 0 saturated carbocycles. The number of rotatable bonds is 5. The number of benzene rings is 2. The molecule has 0 bridgehead atoms. The maximum Gasteiger partial charge on any atom is 0.280 e. The molecule has 6 atom stereocenters. The molecule has 0 spiro atoms. The van der Waals surface area contributed by atoms with Gasteiger partial charge in [0, 0.05) is 47.5 Å². The first kappa shape index (κ1) is 28.7. The molecule has 3 unspecified atom stereocenters. The number of halogens is 1. The van der Waals surface area contributed by atoms with Crippen LogP contribution in [0, 0.1) is 5.92 Å². The molecule has 3 N–H and O–H groups in total. The van der Waals surface area contributed by atoms with Gasteiger partial charge in [-0.1, -0.05) is 30.3 Å². The molecule has 5 heterocycles. The van der Waals surface area contributed by atoms with Gasteiger partial charge in [0.05, 0.1) is 18.1 Å². The van der Waals surface area contributed by atoms with Crippen LogP contribution in [0.25, 0.3) is 16.5 Å². The van der Waals surface area contributed by atoms with Crippen molar-refractivity contribution < 1.29 is 28.1 Å². The minimum absolute atomic E-state index is 0.105. The number of ether oxygens (including phenoxy) is 1. The van der Waals surface area contributed by atoms with Gasteiger partial charge in [-0.2, -0.15) is 3.89 Å². The van der Waals surface area contributed by atoms with Crippen molar-refractivity contribution in [1.29, 1.82) is 0 Å². The molecule has 1 aliphatic carbocycles. The van der Waals surface area contributed by atoms with Gasteiger partial charge in [0.15, 0.2) is 0 Å². The Hall–Kier alpha value is -3.71. The Kier molecular flexibility index (Phi) is 6.48. The van der Waals surface area contributed by atoms with E-state index in [0.717, 1.165) is 28.0 Å². The Morgan fingerprint density at radius 1 is 1.22 bits per heavy atom. The zero-order valence-corrected chi connectivity index (χ0v) is 25.8. The minimum Gasteiger partial charge on any atom is -0.361 e. The highest BCUT2D eigenvalue weighted by atomic mass is 32.2. The number of carbonyl (C=O) groups is 3. The molecule has 8 rings (SSSR count). The van der Waals surface area contributed by atoms with Crippen molar-refractivity contribution in [3.05, 3.63) is 71.4 Å². The fraction of sp³-hybridized carbons (Fsp3) is 0.424. The maximum atomic E-state index is 14.2. The van der Waals surface area contributed by atoms with E-state index in [1.807, 2.05) is 25.3 Å². The fourth-order valence-electron chi connectivity index (χ4n) is 8.19. The summed E-state index contributed by atoms with van der Waals surface area (Å²) in [4.78, 5) is 50.6. The lowest BCUT2D eigenvalue weighted by molar-refractivity contribution is -0.315. The first-order valence-corrected chi connectivity index (χ1v) is 16.1. The van der Waals surface area contributed by atoms with E-state index in [1.165, 1.54) is 17.9 Å². The highest BCUT2D eigenvalue weighted by Crippen LogP contribution is 2.46. The van der Waals surface area contributed by atoms with E-state index >= 15 is 0 Å². The van der Waals surface area contributed by atoms with E-state index < -0.39 is 41.5 Å². The van der Waals surface area contributed by atoms with Gasteiger partial charge in [-0.15, -0.1) is 0 Å². The van der Waals surface area contributed by atoms with Gasteiger partial charge in [-0.3, -0.25) is 28.9 Å². The second-order valence-corrected chi connectivity index (χ2v) is 13.6. The summed E-state index contributed by atoms with van der Waals surface area (Å²) in [7, 11) is 2.00. The Morgan fingerprint density at radius 2 is 2.02 bits per heavy atom. The number of aromatic nitrogens is 1. The van der Waals surface area contributed by atoms with Gasteiger partial charge in [0.25, 0.3) is 11.8 Å². The van der Waals surface area contributed by atoms with Gasteiger partial charge >= 0.3 is 0 Å². The van der Waals surface area contributed by atoms with Gasteiger partial charge in [-0.05, 0) is 73.7 Å². The summed E-state index contributed by atoms with van der Waals surface area (Å²) in [6.45, 7) is 2.33. The molecule has 5 aliphatic rings. The second kappa shape index (κ2) is 10.1. The van der Waals surface area contributed by atoms with E-state index in [1.54, 1.807) is 29.2 Å². The predicted molar refractivity (Wildman–Crippen MR) is 165 cm³/mol. The third-order valence-corrected chi connectivity index (χ3v) is 10.8. The summed E-state index contributed by atoms with van der Waals surface area (Å²) in [6, 6.07) is 11.1. The molecule has 234 valence electrons. The minimum atomic E-state index is -2.11. The van der Waals surface area contributed by atoms with Crippen molar-refractivity contribution in [1.82, 2.24) is 25.0 Å². The van der Waals surface area contributed by atoms with Crippen LogP contribution < -0.4 is 5.32 Å². The predicted octanol–water partition coefficient (Wildman–Crippen LogP) is 2.97. The third kappa shape index (κ3) is 4.22. The van der Waals surface area contributed by atoms with Crippen LogP contribution in [0.4, 0.5) is 3.89 Å². The Bertz CT molecular complexity index is 1780. The number of nitrogens with zero attached hydrogens (tertiary/aromatic N) is 3. The van der Waals surface area contributed by atoms with Crippen molar-refractivity contribution in [3.63, 3.8) is 0 Å². The zero-order valence-electron chi connectivity index (χ0n) is 25.0. The van der Waals surface area contributed by atoms with Crippen LogP contribution >= 0.6 is 12.1 Å². The molecule has 4 aliphatic heterocycles. The van der Waals surface area contributed by atoms with E-state index in [2.05, 4.69) is 27.5 Å². The van der Waals surface area contributed by atoms with Gasteiger partial charge < -0.3 is 20.3 Å². The van der Waals surface area contributed by atoms with Crippen LogP contribution in [0.1, 0.15) is 36.5 Å². The normalized spacial score (nSPS) is 32.4. The van der Waals surface area contributed by atoms with E-state index in [-0.39, 0.29) is 30.5 Å². The molecule has 12 heteroatoms. The summed E-state index contributed by atoms with van der Waals surface area (Å²) in [5, 5.41) is 16.1. The number of carbonyl (C=O) groups excluding carboxylic acids is 3. The molecule has 0 radical (unpaired) electrons. The monoisotopic (exact) mass is 631 g/mol. The van der Waals surface area contributed by atoms with Crippen LogP contribution in [-0.2, 0) is 32.0 Å². The number of hydrogen-bond donors (Lipinski definition) is 3. The number of hydrogen-bond acceptors (Lipinski definition) is 7. The SMILES string of the molecule is CN1CC(C(=O)N[C@]2(C)O[C@@]3(O)C4CCCN4C(=O)[C@H](Cc4ccc(SF)cc4)N3C2=O)C=C2c3cccc4[nH]cc(c34)CC21. The molecule has 3 fully saturated rings. The standard InChI is InChI=1S/C33H34FN5O5S/c1-32(36-29(40)20-14-23-22-5-3-6-24-28(22)19(16-35-24)15-25(23)37(2)17-20)31(42)39-26(13-18-8-10-21(45-34)11-9-18)30(41)38-12-4-7-27(38)33(39,43)44-32/h3,5-6,8-11,14,16,20,25-27,35,43H,4,7,12-13,15,17H2,1-2H3,(H,36,40)/t20?,25?,26-,27?,32+,33-/m0/s1. The summed E-state index contributed by atoms with van der Waals surface area (Å²) < 4.78 is 19.2. The van der Waals surface area contributed by atoms with E-state index in [4.69, 9.17) is 4.74 Å². The first-order chi connectivity index (χ1) is 21.6. The van der Waals surface area contributed by atoms with Crippen LogP contribution in [0.15, 0.2) is 59.6 Å². The smallest absolute Gasteiger partial charge is 0.280 e. The fourth-order valence-corrected chi connectivity index (χ4v) is 8.42. The van der Waals surface area contributed by atoms with E-state index in [0.29, 0.717) is 36.4 Å². The number of aliphatic hydroxyl groups is 1. The van der Waals surface area contributed by atoms with Gasteiger partial charge in [0.1, 0.15) is 12.1 Å². The molecular weight excluding hydrogens is 597 g/mol. The van der Waals surface area contributed by atoms with Crippen molar-refractivity contribution in [3.8, 4) is 0 Å². The lowest BCUT2D eigenvalue weighted by Crippen LogP contribution is -2.71. The highest BCUT2D eigenvalue weighted by Gasteiger charge is 2.70. The second-order valence-electron chi connectivity index (χ2n) is 13.0. The van der Waals surface area contributed by atoms with Gasteiger partial charge in [-0.25, -0.2) is 0 Å². The van der Waals surface area contributed by atoms with Crippen molar-refractivity contribution >= 4 is 46.3 Å². The summed E-state index contributed by atoms with van der Waals surface area (Å²) in [5.74, 6) is -4.04. The lowest BCUT2D eigenvalue weighted by atomic mass is 9.79. The molecule has 3 amide bonds. The maximum absolute atomic E-state index is 14.2. The summed E-state index contributed by atoms with van der Waals surface area (Å²) in [6.07, 6.45) is 6.11.